The molecule has 1 N–H and O–H groups in total. The van der Waals surface area contributed by atoms with Gasteiger partial charge in [-0.3, -0.25) is 4.79 Å². The van der Waals surface area contributed by atoms with Gasteiger partial charge in [0.1, 0.15) is 0 Å². The zero-order chi connectivity index (χ0) is 12.8. The number of hydrogen-bond acceptors (Lipinski definition) is 2. The Morgan fingerprint density at radius 3 is 2.05 bits per heavy atom. The molecule has 0 aromatic heterocycles. The van der Waals surface area contributed by atoms with Crippen molar-refractivity contribution in [2.45, 2.75) is 38.5 Å². The number of likely N-dealkylation sites (N-methyl/N-ethyl adjacent to an activating group) is 2. The van der Waals surface area contributed by atoms with Crippen LogP contribution in [0.2, 0.25) is 0 Å². The molecule has 0 aromatic carbocycles. The number of nitrogens with one attached hydrogen (secondary N) is 1. The monoisotopic (exact) mass is 286 g/mol. The second-order valence-electron chi connectivity index (χ2n) is 7.03. The van der Waals surface area contributed by atoms with Gasteiger partial charge in [-0.25, -0.2) is 0 Å². The Kier molecular flexibility index (Phi) is 4.46. The minimum Gasteiger partial charge on any atom is -0.344 e. The number of amides is 1. The summed E-state index contributed by atoms with van der Waals surface area (Å²) in [5.41, 5.74) is 0.0389. The second kappa shape index (κ2) is 5.61. The van der Waals surface area contributed by atoms with Crippen LogP contribution >= 0.6 is 12.4 Å². The van der Waals surface area contributed by atoms with E-state index >= 15 is 0 Å². The third kappa shape index (κ3) is 2.64. The molecule has 0 aliphatic heterocycles. The van der Waals surface area contributed by atoms with Crippen molar-refractivity contribution in [3.05, 3.63) is 0 Å². The lowest BCUT2D eigenvalue weighted by Crippen LogP contribution is -2.54. The first-order chi connectivity index (χ1) is 8.63. The topological polar surface area (TPSA) is 32.3 Å². The van der Waals surface area contributed by atoms with E-state index in [1.807, 2.05) is 19.0 Å². The van der Waals surface area contributed by atoms with Crippen molar-refractivity contribution < 1.29 is 4.79 Å². The van der Waals surface area contributed by atoms with E-state index in [9.17, 15) is 4.79 Å². The van der Waals surface area contributed by atoms with E-state index in [0.717, 1.165) is 30.8 Å². The standard InChI is InChI=1S/C15H26N2O.ClH/c1-16-3-4-17(2)14(18)15-8-11-5-12(9-15)7-13(6-11)10-15;/h11-13,16H,3-10H2,1-2H3;1H. The number of hydrogen-bond donors (Lipinski definition) is 1. The summed E-state index contributed by atoms with van der Waals surface area (Å²) in [6.45, 7) is 1.74. The predicted molar refractivity (Wildman–Crippen MR) is 79.4 cm³/mol. The van der Waals surface area contributed by atoms with Gasteiger partial charge in [0.15, 0.2) is 0 Å². The van der Waals surface area contributed by atoms with E-state index in [4.69, 9.17) is 0 Å². The van der Waals surface area contributed by atoms with E-state index < -0.39 is 0 Å². The Labute approximate surface area is 122 Å². The Hall–Kier alpha value is -0.280. The highest BCUT2D eigenvalue weighted by Crippen LogP contribution is 2.60. The van der Waals surface area contributed by atoms with Crippen LogP contribution in [0.3, 0.4) is 0 Å². The summed E-state index contributed by atoms with van der Waals surface area (Å²) in [6.07, 6.45) is 7.78. The Balaban J connectivity index is 0.00000133. The van der Waals surface area contributed by atoms with Gasteiger partial charge < -0.3 is 10.2 Å². The Morgan fingerprint density at radius 1 is 1.16 bits per heavy atom. The molecule has 4 aliphatic carbocycles. The van der Waals surface area contributed by atoms with Gasteiger partial charge >= 0.3 is 0 Å². The predicted octanol–water partition coefficient (Wildman–Crippen LogP) is 2.30. The quantitative estimate of drug-likeness (QED) is 0.860. The largest absolute Gasteiger partial charge is 0.344 e. The number of carbonyl (C=O) groups excluding carboxylic acids is 1. The van der Waals surface area contributed by atoms with Crippen LogP contribution in [0.4, 0.5) is 0 Å². The van der Waals surface area contributed by atoms with Crippen molar-refractivity contribution >= 4 is 18.3 Å². The highest BCUT2D eigenvalue weighted by atomic mass is 35.5. The fourth-order valence-corrected chi connectivity index (χ4v) is 5.16. The fourth-order valence-electron chi connectivity index (χ4n) is 5.16. The van der Waals surface area contributed by atoms with E-state index in [-0.39, 0.29) is 17.8 Å². The molecule has 0 atom stereocenters. The zero-order valence-electron chi connectivity index (χ0n) is 12.2. The van der Waals surface area contributed by atoms with Crippen LogP contribution in [0.1, 0.15) is 38.5 Å². The maximum absolute atomic E-state index is 12.8. The molecule has 0 heterocycles. The molecule has 0 aromatic rings. The molecule has 0 saturated heterocycles. The number of carbonyl (C=O) groups is 1. The van der Waals surface area contributed by atoms with Crippen LogP contribution in [-0.2, 0) is 4.79 Å². The first-order valence-corrected chi connectivity index (χ1v) is 7.53. The minimum atomic E-state index is 0. The van der Waals surface area contributed by atoms with Crippen LogP contribution in [0.5, 0.6) is 0 Å². The van der Waals surface area contributed by atoms with Gasteiger partial charge in [-0.2, -0.15) is 0 Å². The van der Waals surface area contributed by atoms with Crippen LogP contribution < -0.4 is 5.32 Å². The molecule has 4 bridgehead atoms. The third-order valence-corrected chi connectivity index (χ3v) is 5.54. The SMILES string of the molecule is CNCCN(C)C(=O)C12CC3CC(CC(C3)C1)C2.Cl. The molecule has 4 fully saturated rings. The Bertz CT molecular complexity index is 310. The molecule has 4 aliphatic rings. The maximum atomic E-state index is 12.8. The molecule has 19 heavy (non-hydrogen) atoms. The van der Waals surface area contributed by atoms with Gasteiger partial charge in [0, 0.05) is 20.1 Å². The van der Waals surface area contributed by atoms with Crippen LogP contribution in [-0.4, -0.2) is 38.0 Å². The Morgan fingerprint density at radius 2 is 1.63 bits per heavy atom. The molecule has 3 nitrogen and oxygen atoms in total. The third-order valence-electron chi connectivity index (χ3n) is 5.54. The molecule has 1 amide bonds. The lowest BCUT2D eigenvalue weighted by atomic mass is 9.49. The molecular formula is C15H27ClN2O. The lowest BCUT2D eigenvalue weighted by molar-refractivity contribution is -0.156. The van der Waals surface area contributed by atoms with Gasteiger partial charge in [0.25, 0.3) is 0 Å². The first kappa shape index (κ1) is 15.1. The first-order valence-electron chi connectivity index (χ1n) is 7.53. The van der Waals surface area contributed by atoms with Gasteiger partial charge in [-0.1, -0.05) is 0 Å². The summed E-state index contributed by atoms with van der Waals surface area (Å²) in [4.78, 5) is 14.8. The maximum Gasteiger partial charge on any atom is 0.228 e. The van der Waals surface area contributed by atoms with Crippen molar-refractivity contribution in [2.75, 3.05) is 27.2 Å². The van der Waals surface area contributed by atoms with Crippen molar-refractivity contribution in [2.24, 2.45) is 23.2 Å². The molecule has 0 unspecified atom stereocenters. The zero-order valence-corrected chi connectivity index (χ0v) is 13.0. The average Bonchev–Trinajstić information content (AvgIpc) is 2.33. The summed E-state index contributed by atoms with van der Waals surface area (Å²) in [6, 6.07) is 0. The van der Waals surface area contributed by atoms with E-state index in [1.54, 1.807) is 0 Å². The smallest absolute Gasteiger partial charge is 0.228 e. The van der Waals surface area contributed by atoms with Gasteiger partial charge in [-0.15, -0.1) is 12.4 Å². The highest BCUT2D eigenvalue weighted by molar-refractivity contribution is 5.85. The highest BCUT2D eigenvalue weighted by Gasteiger charge is 2.55. The van der Waals surface area contributed by atoms with Gasteiger partial charge in [0.05, 0.1) is 5.41 Å². The molecule has 4 saturated carbocycles. The summed E-state index contributed by atoms with van der Waals surface area (Å²) in [5.74, 6) is 3.02. The normalized spacial score (nSPS) is 38.9. The molecule has 4 rings (SSSR count). The number of nitrogens with zero attached hydrogens (tertiary/aromatic N) is 1. The second-order valence-corrected chi connectivity index (χ2v) is 7.03. The van der Waals surface area contributed by atoms with E-state index in [2.05, 4.69) is 5.32 Å². The van der Waals surface area contributed by atoms with Gasteiger partial charge in [0.2, 0.25) is 5.91 Å². The molecule has 0 spiro atoms. The fraction of sp³-hybridized carbons (Fsp3) is 0.933. The molecule has 0 radical (unpaired) electrons. The van der Waals surface area contributed by atoms with Crippen LogP contribution in [0, 0.1) is 23.2 Å². The van der Waals surface area contributed by atoms with Crippen molar-refractivity contribution in [1.29, 1.82) is 0 Å². The van der Waals surface area contributed by atoms with Crippen molar-refractivity contribution in [1.82, 2.24) is 10.2 Å². The number of halogens is 1. The summed E-state index contributed by atoms with van der Waals surface area (Å²) < 4.78 is 0. The lowest BCUT2D eigenvalue weighted by Gasteiger charge is -2.56. The summed E-state index contributed by atoms with van der Waals surface area (Å²) >= 11 is 0. The van der Waals surface area contributed by atoms with Crippen molar-refractivity contribution in [3.63, 3.8) is 0 Å². The van der Waals surface area contributed by atoms with Crippen LogP contribution in [0.15, 0.2) is 0 Å². The molecule has 4 heteroatoms. The van der Waals surface area contributed by atoms with Crippen molar-refractivity contribution in [3.8, 4) is 0 Å². The number of rotatable bonds is 4. The molecule has 110 valence electrons. The summed E-state index contributed by atoms with van der Waals surface area (Å²) in [7, 11) is 3.93. The van der Waals surface area contributed by atoms with E-state index in [1.165, 1.54) is 38.5 Å². The van der Waals surface area contributed by atoms with Gasteiger partial charge in [-0.05, 0) is 63.3 Å². The summed E-state index contributed by atoms with van der Waals surface area (Å²) in [5, 5.41) is 3.13. The average molecular weight is 287 g/mol. The minimum absolute atomic E-state index is 0. The van der Waals surface area contributed by atoms with Crippen LogP contribution in [0.25, 0.3) is 0 Å². The molecular weight excluding hydrogens is 260 g/mol. The van der Waals surface area contributed by atoms with E-state index in [0.29, 0.717) is 5.91 Å².